The maximum absolute atomic E-state index is 13.5. The van der Waals surface area contributed by atoms with Gasteiger partial charge in [-0.25, -0.2) is 8.78 Å². The SMILES string of the molecule is NC1CCCc2cc(F)cc(F)c2C1O. The van der Waals surface area contributed by atoms with Crippen LogP contribution in [-0.2, 0) is 6.42 Å². The Morgan fingerprint density at radius 3 is 2.80 bits per heavy atom. The first kappa shape index (κ1) is 10.5. The van der Waals surface area contributed by atoms with Crippen LogP contribution in [0.4, 0.5) is 8.78 Å². The molecule has 0 bridgehead atoms. The zero-order valence-electron chi connectivity index (χ0n) is 8.21. The molecule has 0 heterocycles. The molecule has 2 unspecified atom stereocenters. The molecule has 1 aliphatic rings. The highest BCUT2D eigenvalue weighted by atomic mass is 19.1. The van der Waals surface area contributed by atoms with Crippen molar-refractivity contribution < 1.29 is 13.9 Å². The molecule has 2 nitrogen and oxygen atoms in total. The van der Waals surface area contributed by atoms with Crippen LogP contribution in [-0.4, -0.2) is 11.1 Å². The summed E-state index contributed by atoms with van der Waals surface area (Å²) in [6, 6.07) is 1.60. The summed E-state index contributed by atoms with van der Waals surface area (Å²) in [7, 11) is 0. The molecule has 4 heteroatoms. The fraction of sp³-hybridized carbons (Fsp3) is 0.455. The zero-order valence-corrected chi connectivity index (χ0v) is 8.21. The predicted octanol–water partition coefficient (Wildman–Crippen LogP) is 1.66. The van der Waals surface area contributed by atoms with Crippen LogP contribution in [0.1, 0.15) is 30.1 Å². The Kier molecular flexibility index (Phi) is 2.71. The number of aryl methyl sites for hydroxylation is 1. The number of aliphatic hydroxyl groups excluding tert-OH is 1. The largest absolute Gasteiger partial charge is 0.387 e. The van der Waals surface area contributed by atoms with E-state index in [0.717, 1.165) is 12.5 Å². The van der Waals surface area contributed by atoms with Gasteiger partial charge >= 0.3 is 0 Å². The van der Waals surface area contributed by atoms with Crippen molar-refractivity contribution in [3.8, 4) is 0 Å². The number of halogens is 2. The topological polar surface area (TPSA) is 46.2 Å². The number of hydrogen-bond donors (Lipinski definition) is 2. The Morgan fingerprint density at radius 2 is 2.07 bits per heavy atom. The number of hydrogen-bond acceptors (Lipinski definition) is 2. The highest BCUT2D eigenvalue weighted by Crippen LogP contribution is 2.30. The van der Waals surface area contributed by atoms with Crippen molar-refractivity contribution in [1.29, 1.82) is 0 Å². The molecule has 0 spiro atoms. The van der Waals surface area contributed by atoms with Gasteiger partial charge in [-0.2, -0.15) is 0 Å². The van der Waals surface area contributed by atoms with E-state index in [1.54, 1.807) is 0 Å². The summed E-state index contributed by atoms with van der Waals surface area (Å²) in [4.78, 5) is 0. The van der Waals surface area contributed by atoms with Gasteiger partial charge in [0.15, 0.2) is 0 Å². The smallest absolute Gasteiger partial charge is 0.132 e. The Morgan fingerprint density at radius 1 is 1.33 bits per heavy atom. The number of fused-ring (bicyclic) bond motifs is 1. The fourth-order valence-electron chi connectivity index (χ4n) is 2.08. The molecule has 0 aliphatic heterocycles. The minimum Gasteiger partial charge on any atom is -0.387 e. The first-order chi connectivity index (χ1) is 7.09. The third-order valence-electron chi connectivity index (χ3n) is 2.86. The predicted molar refractivity (Wildman–Crippen MR) is 52.2 cm³/mol. The molecular formula is C11H13F2NO. The lowest BCUT2D eigenvalue weighted by Gasteiger charge is -2.18. The molecular weight excluding hydrogens is 200 g/mol. The molecule has 1 aliphatic carbocycles. The Hall–Kier alpha value is -1.00. The quantitative estimate of drug-likeness (QED) is 0.644. The van der Waals surface area contributed by atoms with E-state index in [9.17, 15) is 13.9 Å². The number of nitrogens with two attached hydrogens (primary N) is 1. The molecule has 2 rings (SSSR count). The van der Waals surface area contributed by atoms with Crippen molar-refractivity contribution in [2.24, 2.45) is 5.73 Å². The average Bonchev–Trinajstić information content (AvgIpc) is 2.27. The lowest BCUT2D eigenvalue weighted by atomic mass is 9.98. The molecule has 0 radical (unpaired) electrons. The maximum atomic E-state index is 13.5. The monoisotopic (exact) mass is 213 g/mol. The van der Waals surface area contributed by atoms with E-state index in [1.165, 1.54) is 6.07 Å². The van der Waals surface area contributed by atoms with Crippen molar-refractivity contribution in [2.45, 2.75) is 31.4 Å². The van der Waals surface area contributed by atoms with Gasteiger partial charge in [0.2, 0.25) is 0 Å². The normalized spacial score (nSPS) is 25.9. The van der Waals surface area contributed by atoms with Crippen LogP contribution in [0.25, 0.3) is 0 Å². The molecule has 1 aromatic carbocycles. The van der Waals surface area contributed by atoms with Crippen LogP contribution in [0.5, 0.6) is 0 Å². The van der Waals surface area contributed by atoms with Gasteiger partial charge in [0, 0.05) is 17.7 Å². The average molecular weight is 213 g/mol. The molecule has 0 saturated heterocycles. The molecule has 0 aromatic heterocycles. The third-order valence-corrected chi connectivity index (χ3v) is 2.86. The van der Waals surface area contributed by atoms with Gasteiger partial charge in [-0.3, -0.25) is 0 Å². The molecule has 2 atom stereocenters. The van der Waals surface area contributed by atoms with Crippen LogP contribution in [0.3, 0.4) is 0 Å². The third kappa shape index (κ3) is 1.87. The van der Waals surface area contributed by atoms with E-state index in [1.807, 2.05) is 0 Å². The Balaban J connectivity index is 2.53. The van der Waals surface area contributed by atoms with E-state index >= 15 is 0 Å². The molecule has 15 heavy (non-hydrogen) atoms. The van der Waals surface area contributed by atoms with Gasteiger partial charge in [-0.15, -0.1) is 0 Å². The second-order valence-corrected chi connectivity index (χ2v) is 3.96. The molecule has 0 saturated carbocycles. The molecule has 82 valence electrons. The summed E-state index contributed by atoms with van der Waals surface area (Å²) >= 11 is 0. The summed E-state index contributed by atoms with van der Waals surface area (Å²) in [5.41, 5.74) is 6.39. The Labute approximate surface area is 86.7 Å². The molecule has 3 N–H and O–H groups in total. The van der Waals surface area contributed by atoms with E-state index in [-0.39, 0.29) is 5.56 Å². The van der Waals surface area contributed by atoms with Crippen LogP contribution in [0, 0.1) is 11.6 Å². The number of benzene rings is 1. The van der Waals surface area contributed by atoms with E-state index < -0.39 is 23.8 Å². The number of rotatable bonds is 0. The summed E-state index contributed by atoms with van der Waals surface area (Å²) in [6.07, 6.45) is 0.905. The van der Waals surface area contributed by atoms with Gasteiger partial charge in [0.1, 0.15) is 11.6 Å². The van der Waals surface area contributed by atoms with Crippen LogP contribution in [0.15, 0.2) is 12.1 Å². The summed E-state index contributed by atoms with van der Waals surface area (Å²) in [6.45, 7) is 0. The minimum absolute atomic E-state index is 0.168. The molecule has 0 fully saturated rings. The standard InChI is InChI=1S/C11H13F2NO/c12-7-4-6-2-1-3-9(14)11(15)10(6)8(13)5-7/h4-5,9,11,15H,1-3,14H2. The first-order valence-corrected chi connectivity index (χ1v) is 5.01. The summed E-state index contributed by atoms with van der Waals surface area (Å²) < 4.78 is 26.4. The van der Waals surface area contributed by atoms with Crippen molar-refractivity contribution in [1.82, 2.24) is 0 Å². The van der Waals surface area contributed by atoms with Crippen molar-refractivity contribution >= 4 is 0 Å². The van der Waals surface area contributed by atoms with Gasteiger partial charge in [0.25, 0.3) is 0 Å². The van der Waals surface area contributed by atoms with Gasteiger partial charge in [-0.1, -0.05) is 0 Å². The number of aliphatic hydroxyl groups is 1. The van der Waals surface area contributed by atoms with Crippen LogP contribution >= 0.6 is 0 Å². The van der Waals surface area contributed by atoms with Crippen LogP contribution in [0.2, 0.25) is 0 Å². The van der Waals surface area contributed by atoms with Gasteiger partial charge in [0.05, 0.1) is 6.10 Å². The fourth-order valence-corrected chi connectivity index (χ4v) is 2.08. The summed E-state index contributed by atoms with van der Waals surface area (Å²) in [5.74, 6) is -1.30. The molecule has 0 amide bonds. The second kappa shape index (κ2) is 3.87. The maximum Gasteiger partial charge on any atom is 0.132 e. The Bertz CT molecular complexity index is 381. The second-order valence-electron chi connectivity index (χ2n) is 3.96. The van der Waals surface area contributed by atoms with E-state index in [0.29, 0.717) is 18.4 Å². The lowest BCUT2D eigenvalue weighted by Crippen LogP contribution is -2.28. The van der Waals surface area contributed by atoms with Crippen molar-refractivity contribution in [2.75, 3.05) is 0 Å². The molecule has 1 aromatic rings. The van der Waals surface area contributed by atoms with Gasteiger partial charge in [-0.05, 0) is 30.9 Å². The van der Waals surface area contributed by atoms with E-state index in [2.05, 4.69) is 0 Å². The summed E-state index contributed by atoms with van der Waals surface area (Å²) in [5, 5.41) is 9.79. The van der Waals surface area contributed by atoms with Crippen molar-refractivity contribution in [3.63, 3.8) is 0 Å². The van der Waals surface area contributed by atoms with Crippen LogP contribution < -0.4 is 5.73 Å². The highest BCUT2D eigenvalue weighted by Gasteiger charge is 2.26. The first-order valence-electron chi connectivity index (χ1n) is 5.01. The highest BCUT2D eigenvalue weighted by molar-refractivity contribution is 5.33. The zero-order chi connectivity index (χ0) is 11.0. The van der Waals surface area contributed by atoms with Gasteiger partial charge < -0.3 is 10.8 Å². The minimum atomic E-state index is -1.02. The van der Waals surface area contributed by atoms with E-state index in [4.69, 9.17) is 5.73 Å². The van der Waals surface area contributed by atoms with Crippen molar-refractivity contribution in [3.05, 3.63) is 34.9 Å². The lowest BCUT2D eigenvalue weighted by molar-refractivity contribution is 0.140.